The summed E-state index contributed by atoms with van der Waals surface area (Å²) in [6.07, 6.45) is -0.412. The molecule has 0 bridgehead atoms. The average molecular weight is 262 g/mol. The minimum atomic E-state index is -1.06. The third kappa shape index (κ3) is 3.47. The van der Waals surface area contributed by atoms with Gasteiger partial charge in [0, 0.05) is 31.9 Å². The first kappa shape index (κ1) is 13.4. The number of hydrogen-bond acceptors (Lipinski definition) is 3. The highest BCUT2D eigenvalue weighted by atomic mass is 16.4. The van der Waals surface area contributed by atoms with Gasteiger partial charge in [-0.25, -0.2) is 0 Å². The van der Waals surface area contributed by atoms with Crippen molar-refractivity contribution in [3.05, 3.63) is 29.8 Å². The average Bonchev–Trinajstić information content (AvgIpc) is 2.39. The van der Waals surface area contributed by atoms with Crippen molar-refractivity contribution in [1.29, 1.82) is 0 Å². The Morgan fingerprint density at radius 2 is 1.68 bits per heavy atom. The lowest BCUT2D eigenvalue weighted by molar-refractivity contribution is -0.144. The van der Waals surface area contributed by atoms with Crippen molar-refractivity contribution in [1.82, 2.24) is 4.90 Å². The fraction of sp³-hybridized carbons (Fsp3) is 0.429. The smallest absolute Gasteiger partial charge is 0.312 e. The fourth-order valence-electron chi connectivity index (χ4n) is 2.21. The van der Waals surface area contributed by atoms with Crippen molar-refractivity contribution in [3.63, 3.8) is 0 Å². The van der Waals surface area contributed by atoms with Gasteiger partial charge in [0.05, 0.1) is 0 Å². The number of carboxylic acids is 1. The molecule has 1 aliphatic rings. The van der Waals surface area contributed by atoms with Gasteiger partial charge in [0.15, 0.2) is 0 Å². The van der Waals surface area contributed by atoms with E-state index in [-0.39, 0.29) is 5.91 Å². The molecule has 0 aromatic heterocycles. The van der Waals surface area contributed by atoms with Crippen LogP contribution in [0, 0.1) is 6.92 Å². The molecule has 1 aromatic rings. The Balaban J connectivity index is 1.90. The number of carbonyl (C=O) groups excluding carboxylic acids is 1. The maximum Gasteiger partial charge on any atom is 0.312 e. The summed E-state index contributed by atoms with van der Waals surface area (Å²) in [5.74, 6) is -1.36. The lowest BCUT2D eigenvalue weighted by Gasteiger charge is -2.36. The van der Waals surface area contributed by atoms with E-state index in [9.17, 15) is 9.59 Å². The molecule has 0 spiro atoms. The topological polar surface area (TPSA) is 60.9 Å². The normalized spacial score (nSPS) is 15.4. The van der Waals surface area contributed by atoms with Gasteiger partial charge in [-0.15, -0.1) is 0 Å². The van der Waals surface area contributed by atoms with Crippen LogP contribution in [0.25, 0.3) is 0 Å². The Hall–Kier alpha value is -2.04. The van der Waals surface area contributed by atoms with Crippen molar-refractivity contribution in [3.8, 4) is 0 Å². The van der Waals surface area contributed by atoms with Crippen LogP contribution in [-0.4, -0.2) is 48.1 Å². The predicted molar refractivity (Wildman–Crippen MR) is 72.2 cm³/mol. The molecule has 5 nitrogen and oxygen atoms in total. The molecule has 2 rings (SSSR count). The minimum absolute atomic E-state index is 0.295. The lowest BCUT2D eigenvalue weighted by atomic mass is 10.2. The van der Waals surface area contributed by atoms with Crippen LogP contribution in [0.5, 0.6) is 0 Å². The molecular formula is C14H18N2O3. The van der Waals surface area contributed by atoms with Gasteiger partial charge in [-0.3, -0.25) is 9.59 Å². The third-order valence-corrected chi connectivity index (χ3v) is 3.33. The second-order valence-corrected chi connectivity index (χ2v) is 4.77. The van der Waals surface area contributed by atoms with Gasteiger partial charge < -0.3 is 14.9 Å². The molecule has 1 aliphatic heterocycles. The number of carbonyl (C=O) groups is 2. The van der Waals surface area contributed by atoms with E-state index in [0.29, 0.717) is 13.1 Å². The second-order valence-electron chi connectivity index (χ2n) is 4.77. The van der Waals surface area contributed by atoms with Crippen molar-refractivity contribution < 1.29 is 14.7 Å². The Morgan fingerprint density at radius 1 is 1.11 bits per heavy atom. The summed E-state index contributed by atoms with van der Waals surface area (Å²) < 4.78 is 0. The summed E-state index contributed by atoms with van der Waals surface area (Å²) in [5, 5.41) is 8.61. The Bertz CT molecular complexity index is 462. The SMILES string of the molecule is Cc1ccc(N2CCN(C(=O)CC(=O)O)CC2)cc1. The first-order valence-corrected chi connectivity index (χ1v) is 6.37. The molecule has 19 heavy (non-hydrogen) atoms. The molecule has 0 atom stereocenters. The van der Waals surface area contributed by atoms with Crippen LogP contribution in [0.2, 0.25) is 0 Å². The van der Waals surface area contributed by atoms with Gasteiger partial charge in [0.1, 0.15) is 6.42 Å². The maximum absolute atomic E-state index is 11.6. The highest BCUT2D eigenvalue weighted by Crippen LogP contribution is 2.17. The predicted octanol–water partition coefficient (Wildman–Crippen LogP) is 1.12. The van der Waals surface area contributed by atoms with Gasteiger partial charge in [0.2, 0.25) is 5.91 Å². The molecule has 1 heterocycles. The number of aryl methyl sites for hydroxylation is 1. The van der Waals surface area contributed by atoms with Crippen LogP contribution in [0.4, 0.5) is 5.69 Å². The molecule has 0 unspecified atom stereocenters. The molecule has 0 radical (unpaired) electrons. The van der Waals surface area contributed by atoms with E-state index in [0.717, 1.165) is 18.8 Å². The number of aliphatic carboxylic acids is 1. The third-order valence-electron chi connectivity index (χ3n) is 3.33. The molecule has 5 heteroatoms. The van der Waals surface area contributed by atoms with Crippen molar-refractivity contribution in [2.45, 2.75) is 13.3 Å². The zero-order valence-electron chi connectivity index (χ0n) is 11.0. The van der Waals surface area contributed by atoms with Crippen LogP contribution < -0.4 is 4.90 Å². The minimum Gasteiger partial charge on any atom is -0.481 e. The van der Waals surface area contributed by atoms with Crippen molar-refractivity contribution in [2.24, 2.45) is 0 Å². The second kappa shape index (κ2) is 5.73. The van der Waals surface area contributed by atoms with E-state index in [1.807, 2.05) is 6.92 Å². The summed E-state index contributed by atoms with van der Waals surface area (Å²) in [7, 11) is 0. The van der Waals surface area contributed by atoms with Gasteiger partial charge in [-0.2, -0.15) is 0 Å². The number of hydrogen-bond donors (Lipinski definition) is 1. The molecule has 1 fully saturated rings. The summed E-state index contributed by atoms with van der Waals surface area (Å²) in [5.41, 5.74) is 2.37. The quantitative estimate of drug-likeness (QED) is 0.829. The molecule has 1 saturated heterocycles. The van der Waals surface area contributed by atoms with Gasteiger partial charge in [-0.1, -0.05) is 17.7 Å². The van der Waals surface area contributed by atoms with Crippen LogP contribution >= 0.6 is 0 Å². The van der Waals surface area contributed by atoms with Gasteiger partial charge >= 0.3 is 5.97 Å². The van der Waals surface area contributed by atoms with Crippen LogP contribution in [-0.2, 0) is 9.59 Å². The van der Waals surface area contributed by atoms with Crippen LogP contribution in [0.1, 0.15) is 12.0 Å². The van der Waals surface area contributed by atoms with Gasteiger partial charge in [-0.05, 0) is 19.1 Å². The Labute approximate surface area is 112 Å². The van der Waals surface area contributed by atoms with Crippen molar-refractivity contribution in [2.75, 3.05) is 31.1 Å². The number of rotatable bonds is 3. The number of amides is 1. The number of carboxylic acid groups (broad SMARTS) is 1. The van der Waals surface area contributed by atoms with E-state index in [4.69, 9.17) is 5.11 Å². The summed E-state index contributed by atoms with van der Waals surface area (Å²) in [4.78, 5) is 26.0. The molecule has 0 saturated carbocycles. The largest absolute Gasteiger partial charge is 0.481 e. The summed E-state index contributed by atoms with van der Waals surface area (Å²) in [6, 6.07) is 8.28. The molecule has 1 aromatic carbocycles. The number of nitrogens with zero attached hydrogens (tertiary/aromatic N) is 2. The zero-order valence-corrected chi connectivity index (χ0v) is 11.0. The number of benzene rings is 1. The molecule has 1 amide bonds. The molecular weight excluding hydrogens is 244 g/mol. The number of piperazine rings is 1. The van der Waals surface area contributed by atoms with E-state index < -0.39 is 12.4 Å². The first-order chi connectivity index (χ1) is 9.06. The highest BCUT2D eigenvalue weighted by Gasteiger charge is 2.22. The standard InChI is InChI=1S/C14H18N2O3/c1-11-2-4-12(5-3-11)15-6-8-16(9-7-15)13(17)10-14(18)19/h2-5H,6-10H2,1H3,(H,18,19). The Morgan fingerprint density at radius 3 is 2.21 bits per heavy atom. The first-order valence-electron chi connectivity index (χ1n) is 6.37. The van der Waals surface area contributed by atoms with E-state index in [2.05, 4.69) is 29.2 Å². The summed E-state index contributed by atoms with van der Waals surface area (Å²) in [6.45, 7) is 4.70. The molecule has 0 aliphatic carbocycles. The molecule has 102 valence electrons. The van der Waals surface area contributed by atoms with E-state index in [1.165, 1.54) is 5.56 Å². The van der Waals surface area contributed by atoms with E-state index >= 15 is 0 Å². The van der Waals surface area contributed by atoms with Gasteiger partial charge in [0.25, 0.3) is 0 Å². The van der Waals surface area contributed by atoms with E-state index in [1.54, 1.807) is 4.90 Å². The lowest BCUT2D eigenvalue weighted by Crippen LogP contribution is -2.49. The summed E-state index contributed by atoms with van der Waals surface area (Å²) >= 11 is 0. The Kier molecular flexibility index (Phi) is 4.04. The maximum atomic E-state index is 11.6. The monoisotopic (exact) mass is 262 g/mol. The fourth-order valence-corrected chi connectivity index (χ4v) is 2.21. The van der Waals surface area contributed by atoms with Crippen molar-refractivity contribution >= 4 is 17.6 Å². The van der Waals surface area contributed by atoms with Crippen LogP contribution in [0.15, 0.2) is 24.3 Å². The molecule has 1 N–H and O–H groups in total. The van der Waals surface area contributed by atoms with Crippen LogP contribution in [0.3, 0.4) is 0 Å². The zero-order chi connectivity index (χ0) is 13.8. The highest BCUT2D eigenvalue weighted by molar-refractivity contribution is 5.93. The number of anilines is 1.